The first-order valence-corrected chi connectivity index (χ1v) is 11.2. The Morgan fingerprint density at radius 1 is 0.857 bits per heavy atom. The fourth-order valence-electron chi connectivity index (χ4n) is 3.57. The summed E-state index contributed by atoms with van der Waals surface area (Å²) in [5.74, 6) is 1.28. The summed E-state index contributed by atoms with van der Waals surface area (Å²) in [4.78, 5) is 4.93. The van der Waals surface area contributed by atoms with Crippen molar-refractivity contribution in [3.05, 3.63) is 90.0 Å². The lowest BCUT2D eigenvalue weighted by Crippen LogP contribution is -2.27. The molecule has 142 valence electrons. The third kappa shape index (κ3) is 3.75. The summed E-state index contributed by atoms with van der Waals surface area (Å²) in [6.07, 6.45) is 0. The van der Waals surface area contributed by atoms with E-state index < -0.39 is 7.92 Å². The molecule has 4 rings (SSSR count). The zero-order valence-electron chi connectivity index (χ0n) is 16.7. The molecular formula is C25H26NOP. The van der Waals surface area contributed by atoms with Crippen molar-refractivity contribution in [3.8, 4) is 0 Å². The van der Waals surface area contributed by atoms with E-state index in [-0.39, 0.29) is 6.04 Å². The molecule has 1 aliphatic heterocycles. The highest BCUT2D eigenvalue weighted by atomic mass is 31.1. The van der Waals surface area contributed by atoms with Gasteiger partial charge in [0.1, 0.15) is 6.61 Å². The average molecular weight is 387 g/mol. The second kappa shape index (κ2) is 8.29. The van der Waals surface area contributed by atoms with Gasteiger partial charge in [-0.3, -0.25) is 0 Å². The first kappa shape index (κ1) is 18.9. The van der Waals surface area contributed by atoms with Gasteiger partial charge in [0.05, 0.1) is 6.04 Å². The lowest BCUT2D eigenvalue weighted by Gasteiger charge is -2.24. The Bertz CT molecular complexity index is 927. The Morgan fingerprint density at radius 2 is 1.46 bits per heavy atom. The minimum absolute atomic E-state index is 0.239. The van der Waals surface area contributed by atoms with Gasteiger partial charge in [-0.05, 0) is 43.0 Å². The molecule has 0 saturated heterocycles. The van der Waals surface area contributed by atoms with Gasteiger partial charge >= 0.3 is 0 Å². The monoisotopic (exact) mass is 387 g/mol. The van der Waals surface area contributed by atoms with Crippen LogP contribution in [-0.2, 0) is 4.74 Å². The summed E-state index contributed by atoms with van der Waals surface area (Å²) in [7, 11) is -0.694. The Labute approximate surface area is 169 Å². The first-order chi connectivity index (χ1) is 13.6. The van der Waals surface area contributed by atoms with Gasteiger partial charge in [-0.2, -0.15) is 0 Å². The molecule has 1 atom stereocenters. The maximum absolute atomic E-state index is 6.09. The Balaban J connectivity index is 1.90. The number of nitrogens with zero attached hydrogens (tertiary/aromatic N) is 1. The van der Waals surface area contributed by atoms with E-state index in [4.69, 9.17) is 9.73 Å². The summed E-state index contributed by atoms with van der Waals surface area (Å²) in [6.45, 7) is 7.29. The molecule has 2 nitrogen and oxygen atoms in total. The molecule has 0 unspecified atom stereocenters. The molecule has 3 aromatic rings. The first-order valence-electron chi connectivity index (χ1n) is 9.86. The van der Waals surface area contributed by atoms with E-state index in [9.17, 15) is 0 Å². The van der Waals surface area contributed by atoms with E-state index in [2.05, 4.69) is 99.6 Å². The summed E-state index contributed by atoms with van der Waals surface area (Å²) in [6, 6.07) is 28.4. The van der Waals surface area contributed by atoms with Gasteiger partial charge in [0.2, 0.25) is 5.90 Å². The van der Waals surface area contributed by atoms with Gasteiger partial charge in [0, 0.05) is 10.9 Å². The molecule has 0 N–H and O–H groups in total. The third-order valence-corrected chi connectivity index (χ3v) is 7.83. The van der Waals surface area contributed by atoms with Gasteiger partial charge in [0.15, 0.2) is 0 Å². The van der Waals surface area contributed by atoms with Crippen molar-refractivity contribution < 1.29 is 4.74 Å². The van der Waals surface area contributed by atoms with Crippen LogP contribution in [0.15, 0.2) is 83.9 Å². The number of hydrogen-bond acceptors (Lipinski definition) is 2. The molecule has 0 bridgehead atoms. The number of aryl methyl sites for hydroxylation is 1. The predicted octanol–water partition coefficient (Wildman–Crippen LogP) is 4.55. The molecule has 0 aliphatic carbocycles. The standard InChI is InChI=1S/C25H26NOP/c1-18(2)23-17-27-25(26-23)22-16-10-11-19(3)24(22)28(20-12-6-4-7-13-20)21-14-8-5-9-15-21/h4-16,18,23H,17H2,1-3H3/t23-/m1/s1. The van der Waals surface area contributed by atoms with Crippen molar-refractivity contribution in [1.29, 1.82) is 0 Å². The third-order valence-electron chi connectivity index (χ3n) is 5.16. The summed E-state index contributed by atoms with van der Waals surface area (Å²) in [5.41, 5.74) is 2.43. The number of hydrogen-bond donors (Lipinski definition) is 0. The summed E-state index contributed by atoms with van der Waals surface area (Å²) < 4.78 is 6.09. The van der Waals surface area contributed by atoms with Crippen LogP contribution in [0.5, 0.6) is 0 Å². The van der Waals surface area contributed by atoms with Crippen LogP contribution in [0, 0.1) is 12.8 Å². The van der Waals surface area contributed by atoms with Crippen LogP contribution >= 0.6 is 7.92 Å². The molecule has 3 heteroatoms. The van der Waals surface area contributed by atoms with Crippen LogP contribution in [0.2, 0.25) is 0 Å². The van der Waals surface area contributed by atoms with Crippen LogP contribution in [0.1, 0.15) is 25.0 Å². The predicted molar refractivity (Wildman–Crippen MR) is 121 cm³/mol. The second-order valence-electron chi connectivity index (χ2n) is 7.53. The van der Waals surface area contributed by atoms with Crippen molar-refractivity contribution in [2.24, 2.45) is 10.9 Å². The Kier molecular flexibility index (Phi) is 5.59. The van der Waals surface area contributed by atoms with E-state index >= 15 is 0 Å². The highest BCUT2D eigenvalue weighted by Crippen LogP contribution is 2.36. The highest BCUT2D eigenvalue weighted by Gasteiger charge is 2.28. The van der Waals surface area contributed by atoms with Crippen molar-refractivity contribution >= 4 is 29.7 Å². The number of rotatable bonds is 5. The van der Waals surface area contributed by atoms with Crippen molar-refractivity contribution in [2.75, 3.05) is 6.61 Å². The molecule has 3 aromatic carbocycles. The lowest BCUT2D eigenvalue weighted by molar-refractivity contribution is 0.292. The van der Waals surface area contributed by atoms with Gasteiger partial charge in [-0.1, -0.05) is 86.6 Å². The van der Waals surface area contributed by atoms with Crippen LogP contribution < -0.4 is 15.9 Å². The Hall–Kier alpha value is -2.44. The zero-order chi connectivity index (χ0) is 19.5. The van der Waals surface area contributed by atoms with Crippen molar-refractivity contribution in [3.63, 3.8) is 0 Å². The van der Waals surface area contributed by atoms with Crippen LogP contribution in [0.4, 0.5) is 0 Å². The molecule has 1 aliphatic rings. The van der Waals surface area contributed by atoms with Gasteiger partial charge < -0.3 is 4.74 Å². The largest absolute Gasteiger partial charge is 0.475 e. The average Bonchev–Trinajstić information content (AvgIpc) is 3.22. The molecule has 28 heavy (non-hydrogen) atoms. The normalized spacial score (nSPS) is 16.3. The fourth-order valence-corrected chi connectivity index (χ4v) is 6.16. The van der Waals surface area contributed by atoms with Crippen molar-refractivity contribution in [1.82, 2.24) is 0 Å². The molecule has 0 amide bonds. The summed E-state index contributed by atoms with van der Waals surface area (Å²) in [5, 5.41) is 4.04. The molecular weight excluding hydrogens is 361 g/mol. The van der Waals surface area contributed by atoms with Crippen LogP contribution in [0.3, 0.4) is 0 Å². The smallest absolute Gasteiger partial charge is 0.217 e. The number of ether oxygens (including phenoxy) is 1. The van der Waals surface area contributed by atoms with Gasteiger partial charge in [0.25, 0.3) is 0 Å². The number of aliphatic imine (C=N–C) groups is 1. The molecule has 0 fully saturated rings. The van der Waals surface area contributed by atoms with Gasteiger partial charge in [-0.15, -0.1) is 0 Å². The minimum atomic E-state index is -0.694. The van der Waals surface area contributed by atoms with E-state index in [1.54, 1.807) is 0 Å². The maximum atomic E-state index is 6.09. The molecule has 0 radical (unpaired) electrons. The second-order valence-corrected chi connectivity index (χ2v) is 9.69. The quantitative estimate of drug-likeness (QED) is 0.589. The zero-order valence-corrected chi connectivity index (χ0v) is 17.6. The summed E-state index contributed by atoms with van der Waals surface area (Å²) >= 11 is 0. The lowest BCUT2D eigenvalue weighted by atomic mass is 10.1. The van der Waals surface area contributed by atoms with E-state index in [0.717, 1.165) is 11.5 Å². The SMILES string of the molecule is Cc1cccc(C2=N[C@@H](C(C)C)CO2)c1P(c1ccccc1)c1ccccc1. The van der Waals surface area contributed by atoms with Crippen molar-refractivity contribution in [2.45, 2.75) is 26.8 Å². The number of benzene rings is 3. The molecule has 0 spiro atoms. The molecule has 1 heterocycles. The molecule has 0 aromatic heterocycles. The molecule has 0 saturated carbocycles. The minimum Gasteiger partial charge on any atom is -0.475 e. The highest BCUT2D eigenvalue weighted by molar-refractivity contribution is 7.80. The fraction of sp³-hybridized carbons (Fsp3) is 0.240. The maximum Gasteiger partial charge on any atom is 0.217 e. The van der Waals surface area contributed by atoms with E-state index in [0.29, 0.717) is 12.5 Å². The van der Waals surface area contributed by atoms with Gasteiger partial charge in [-0.25, -0.2) is 4.99 Å². The van der Waals surface area contributed by atoms with E-state index in [1.165, 1.54) is 21.5 Å². The van der Waals surface area contributed by atoms with E-state index in [1.807, 2.05) is 0 Å². The topological polar surface area (TPSA) is 21.6 Å². The van der Waals surface area contributed by atoms with Crippen LogP contribution in [0.25, 0.3) is 0 Å². The van der Waals surface area contributed by atoms with Crippen LogP contribution in [-0.4, -0.2) is 18.5 Å². The Morgan fingerprint density at radius 3 is 2.00 bits per heavy atom.